The van der Waals surface area contributed by atoms with Gasteiger partial charge in [0.2, 0.25) is 5.91 Å². The Morgan fingerprint density at radius 3 is 2.96 bits per heavy atom. The molecule has 23 heavy (non-hydrogen) atoms. The molecule has 3 rings (SSSR count). The first kappa shape index (κ1) is 15.7. The molecule has 0 radical (unpaired) electrons. The quantitative estimate of drug-likeness (QED) is 0.884. The largest absolute Gasteiger partial charge is 0.393 e. The third kappa shape index (κ3) is 3.59. The number of benzene rings is 1. The molecule has 0 bridgehead atoms. The van der Waals surface area contributed by atoms with Gasteiger partial charge in [-0.3, -0.25) is 9.78 Å². The summed E-state index contributed by atoms with van der Waals surface area (Å²) in [6.45, 7) is 0.613. The first-order valence-electron chi connectivity index (χ1n) is 8.10. The molecule has 2 unspecified atom stereocenters. The first-order valence-corrected chi connectivity index (χ1v) is 8.10. The molecule has 1 saturated carbocycles. The minimum Gasteiger partial charge on any atom is -0.393 e. The van der Waals surface area contributed by atoms with Crippen LogP contribution in [0.3, 0.4) is 0 Å². The number of hydrogen-bond donors (Lipinski definition) is 1. The first-order chi connectivity index (χ1) is 11.1. The number of aliphatic hydroxyl groups excluding tert-OH is 1. The predicted octanol–water partition coefficient (Wildman–Crippen LogP) is 2.87. The molecule has 1 amide bonds. The molecule has 0 aliphatic heterocycles. The number of nitrogens with zero attached hydrogens (tertiary/aromatic N) is 2. The van der Waals surface area contributed by atoms with Crippen LogP contribution in [0.25, 0.3) is 17.0 Å². The molecule has 2 atom stereocenters. The number of likely N-dealkylation sites (N-methyl/N-ethyl adjacent to an activating group) is 1. The smallest absolute Gasteiger partial charge is 0.246 e. The molecule has 1 aromatic heterocycles. The number of carbonyl (C=O) groups excluding carboxylic acids is 1. The minimum absolute atomic E-state index is 0.0370. The summed E-state index contributed by atoms with van der Waals surface area (Å²) < 4.78 is 0. The SMILES string of the molecule is CN(CC1CCCC1O)C(=O)/C=C/c1ccnc2ccccc12. The molecule has 1 aliphatic carbocycles. The third-order valence-corrected chi connectivity index (χ3v) is 4.59. The van der Waals surface area contributed by atoms with E-state index in [1.165, 1.54) is 0 Å². The lowest BCUT2D eigenvalue weighted by Gasteiger charge is -2.22. The van der Waals surface area contributed by atoms with Crippen molar-refractivity contribution in [3.8, 4) is 0 Å². The average Bonchev–Trinajstić information content (AvgIpc) is 2.97. The molecule has 1 fully saturated rings. The van der Waals surface area contributed by atoms with E-state index in [4.69, 9.17) is 0 Å². The molecule has 4 heteroatoms. The number of pyridine rings is 1. The molecule has 2 aromatic rings. The Labute approximate surface area is 136 Å². The summed E-state index contributed by atoms with van der Waals surface area (Å²) in [6, 6.07) is 9.80. The monoisotopic (exact) mass is 310 g/mol. The molecule has 1 aliphatic rings. The van der Waals surface area contributed by atoms with Crippen LogP contribution in [0.2, 0.25) is 0 Å². The van der Waals surface area contributed by atoms with E-state index in [1.54, 1.807) is 24.2 Å². The summed E-state index contributed by atoms with van der Waals surface area (Å²) in [4.78, 5) is 18.3. The van der Waals surface area contributed by atoms with Gasteiger partial charge >= 0.3 is 0 Å². The van der Waals surface area contributed by atoms with Crippen LogP contribution >= 0.6 is 0 Å². The van der Waals surface area contributed by atoms with E-state index in [0.717, 1.165) is 35.7 Å². The van der Waals surface area contributed by atoms with Gasteiger partial charge in [0.05, 0.1) is 11.6 Å². The molecule has 0 saturated heterocycles. The maximum atomic E-state index is 12.3. The molecule has 4 nitrogen and oxygen atoms in total. The van der Waals surface area contributed by atoms with Gasteiger partial charge < -0.3 is 10.0 Å². The van der Waals surface area contributed by atoms with Crippen molar-refractivity contribution in [3.05, 3.63) is 48.2 Å². The molecular formula is C19H22N2O2. The highest BCUT2D eigenvalue weighted by molar-refractivity contribution is 5.95. The number of carbonyl (C=O) groups is 1. The van der Waals surface area contributed by atoms with Crippen LogP contribution in [0.5, 0.6) is 0 Å². The van der Waals surface area contributed by atoms with Gasteiger partial charge in [-0.2, -0.15) is 0 Å². The summed E-state index contributed by atoms with van der Waals surface area (Å²) in [5.41, 5.74) is 1.91. The van der Waals surface area contributed by atoms with Crippen LogP contribution in [-0.2, 0) is 4.79 Å². The van der Waals surface area contributed by atoms with E-state index in [-0.39, 0.29) is 17.9 Å². The Morgan fingerprint density at radius 2 is 2.17 bits per heavy atom. The maximum absolute atomic E-state index is 12.3. The van der Waals surface area contributed by atoms with Crippen molar-refractivity contribution in [3.63, 3.8) is 0 Å². The van der Waals surface area contributed by atoms with Gasteiger partial charge in [-0.05, 0) is 36.6 Å². The van der Waals surface area contributed by atoms with Crippen molar-refractivity contribution in [1.29, 1.82) is 0 Å². The van der Waals surface area contributed by atoms with Gasteiger partial charge in [0.1, 0.15) is 0 Å². The average molecular weight is 310 g/mol. The van der Waals surface area contributed by atoms with Crippen LogP contribution in [0, 0.1) is 5.92 Å². The van der Waals surface area contributed by atoms with Crippen LogP contribution < -0.4 is 0 Å². The Bertz CT molecular complexity index is 721. The Kier molecular flexibility index (Phi) is 4.72. The summed E-state index contributed by atoms with van der Waals surface area (Å²) in [5.74, 6) is 0.170. The fourth-order valence-electron chi connectivity index (χ4n) is 3.22. The van der Waals surface area contributed by atoms with Crippen molar-refractivity contribution < 1.29 is 9.90 Å². The molecule has 120 valence electrons. The van der Waals surface area contributed by atoms with Gasteiger partial charge in [-0.1, -0.05) is 24.6 Å². The van der Waals surface area contributed by atoms with E-state index in [1.807, 2.05) is 36.4 Å². The normalized spacial score (nSPS) is 21.1. The number of fused-ring (bicyclic) bond motifs is 1. The standard InChI is InChI=1S/C19H22N2O2/c1-21(13-15-5-4-8-18(15)22)19(23)10-9-14-11-12-20-17-7-3-2-6-16(14)17/h2-3,6-7,9-12,15,18,22H,4-5,8,13H2,1H3/b10-9+. The summed E-state index contributed by atoms with van der Waals surface area (Å²) in [5, 5.41) is 10.9. The molecule has 0 spiro atoms. The highest BCUT2D eigenvalue weighted by atomic mass is 16.3. The number of hydrogen-bond acceptors (Lipinski definition) is 3. The van der Waals surface area contributed by atoms with Crippen molar-refractivity contribution >= 4 is 22.9 Å². The maximum Gasteiger partial charge on any atom is 0.246 e. The number of para-hydroxylation sites is 1. The zero-order valence-corrected chi connectivity index (χ0v) is 13.4. The highest BCUT2D eigenvalue weighted by Gasteiger charge is 2.26. The zero-order chi connectivity index (χ0) is 16.2. The van der Waals surface area contributed by atoms with Gasteiger partial charge in [0.15, 0.2) is 0 Å². The number of rotatable bonds is 4. The lowest BCUT2D eigenvalue weighted by Crippen LogP contribution is -2.33. The second-order valence-corrected chi connectivity index (χ2v) is 6.23. The topological polar surface area (TPSA) is 53.4 Å². The van der Waals surface area contributed by atoms with Gasteiger partial charge in [0.25, 0.3) is 0 Å². The Hall–Kier alpha value is -2.20. The van der Waals surface area contributed by atoms with Crippen molar-refractivity contribution in [1.82, 2.24) is 9.88 Å². The van der Waals surface area contributed by atoms with Crippen LogP contribution in [-0.4, -0.2) is 40.6 Å². The van der Waals surface area contributed by atoms with Crippen molar-refractivity contribution in [2.75, 3.05) is 13.6 Å². The fourth-order valence-corrected chi connectivity index (χ4v) is 3.22. The van der Waals surface area contributed by atoms with Crippen molar-refractivity contribution in [2.45, 2.75) is 25.4 Å². The van der Waals surface area contributed by atoms with E-state index < -0.39 is 0 Å². The van der Waals surface area contributed by atoms with Gasteiger partial charge in [0, 0.05) is 37.2 Å². The molecule has 1 heterocycles. The van der Waals surface area contributed by atoms with Crippen LogP contribution in [0.4, 0.5) is 0 Å². The Balaban J connectivity index is 1.70. The van der Waals surface area contributed by atoms with E-state index in [2.05, 4.69) is 4.98 Å². The number of aromatic nitrogens is 1. The lowest BCUT2D eigenvalue weighted by molar-refractivity contribution is -0.125. The van der Waals surface area contributed by atoms with Crippen LogP contribution in [0.1, 0.15) is 24.8 Å². The van der Waals surface area contributed by atoms with Crippen LogP contribution in [0.15, 0.2) is 42.6 Å². The second-order valence-electron chi connectivity index (χ2n) is 6.23. The lowest BCUT2D eigenvalue weighted by atomic mass is 10.1. The summed E-state index contributed by atoms with van der Waals surface area (Å²) >= 11 is 0. The second kappa shape index (κ2) is 6.92. The Morgan fingerprint density at radius 1 is 1.35 bits per heavy atom. The number of amides is 1. The predicted molar refractivity (Wildman–Crippen MR) is 91.8 cm³/mol. The van der Waals surface area contributed by atoms with Crippen molar-refractivity contribution in [2.24, 2.45) is 5.92 Å². The zero-order valence-electron chi connectivity index (χ0n) is 13.4. The van der Waals surface area contributed by atoms with Gasteiger partial charge in [-0.25, -0.2) is 0 Å². The fraction of sp³-hybridized carbons (Fsp3) is 0.368. The summed E-state index contributed by atoms with van der Waals surface area (Å²) in [6.07, 6.45) is 7.83. The molecule has 1 aromatic carbocycles. The third-order valence-electron chi connectivity index (χ3n) is 4.59. The minimum atomic E-state index is -0.265. The number of aliphatic hydroxyl groups is 1. The molecular weight excluding hydrogens is 288 g/mol. The van der Waals surface area contributed by atoms with E-state index in [9.17, 15) is 9.90 Å². The molecule has 1 N–H and O–H groups in total. The van der Waals surface area contributed by atoms with Gasteiger partial charge in [-0.15, -0.1) is 0 Å². The summed E-state index contributed by atoms with van der Waals surface area (Å²) in [7, 11) is 1.79. The van der Waals surface area contributed by atoms with E-state index >= 15 is 0 Å². The highest BCUT2D eigenvalue weighted by Crippen LogP contribution is 2.26. The van der Waals surface area contributed by atoms with E-state index in [0.29, 0.717) is 6.54 Å².